The smallest absolute Gasteiger partial charge is 0.0842 e. The third kappa shape index (κ3) is 2.99. The second kappa shape index (κ2) is 5.21. The van der Waals surface area contributed by atoms with Crippen molar-refractivity contribution in [2.45, 2.75) is 64.5 Å². The standard InChI is InChI=1S/C14H25NO/c1-5-7-12(15)14(16-6-2)10-8-13(3,4)9-11-14/h1,12H,6-11,15H2,2-4H3. The minimum absolute atomic E-state index is 0.0199. The Labute approximate surface area is 99.9 Å². The van der Waals surface area contributed by atoms with E-state index < -0.39 is 0 Å². The van der Waals surface area contributed by atoms with Crippen LogP contribution in [0.3, 0.4) is 0 Å². The van der Waals surface area contributed by atoms with Crippen LogP contribution in [0.5, 0.6) is 0 Å². The largest absolute Gasteiger partial charge is 0.374 e. The van der Waals surface area contributed by atoms with Gasteiger partial charge in [-0.2, -0.15) is 0 Å². The van der Waals surface area contributed by atoms with Crippen LogP contribution in [0.1, 0.15) is 52.9 Å². The Morgan fingerprint density at radius 2 is 1.88 bits per heavy atom. The van der Waals surface area contributed by atoms with Gasteiger partial charge < -0.3 is 10.5 Å². The Morgan fingerprint density at radius 3 is 2.31 bits per heavy atom. The zero-order chi connectivity index (χ0) is 12.2. The van der Waals surface area contributed by atoms with Gasteiger partial charge in [0, 0.05) is 19.1 Å². The molecule has 1 atom stereocenters. The molecule has 2 heteroatoms. The Morgan fingerprint density at radius 1 is 1.31 bits per heavy atom. The summed E-state index contributed by atoms with van der Waals surface area (Å²) in [5, 5.41) is 0. The van der Waals surface area contributed by atoms with E-state index in [0.717, 1.165) is 19.4 Å². The molecule has 16 heavy (non-hydrogen) atoms. The van der Waals surface area contributed by atoms with E-state index >= 15 is 0 Å². The summed E-state index contributed by atoms with van der Waals surface area (Å²) in [6.07, 6.45) is 10.4. The van der Waals surface area contributed by atoms with Gasteiger partial charge >= 0.3 is 0 Å². The third-order valence-corrected chi connectivity index (χ3v) is 3.90. The predicted octanol–water partition coefficient (Wildman–Crippen LogP) is 2.71. The van der Waals surface area contributed by atoms with Crippen LogP contribution in [0.25, 0.3) is 0 Å². The lowest BCUT2D eigenvalue weighted by molar-refractivity contribution is -0.0979. The molecule has 1 rings (SSSR count). The molecule has 0 saturated heterocycles. The van der Waals surface area contributed by atoms with Crippen LogP contribution in [0, 0.1) is 17.8 Å². The summed E-state index contributed by atoms with van der Waals surface area (Å²) in [5.74, 6) is 2.66. The second-order valence-electron chi connectivity index (χ2n) is 5.68. The van der Waals surface area contributed by atoms with E-state index in [0.29, 0.717) is 11.8 Å². The van der Waals surface area contributed by atoms with E-state index in [2.05, 4.69) is 19.8 Å². The van der Waals surface area contributed by atoms with Crippen LogP contribution in [0.4, 0.5) is 0 Å². The van der Waals surface area contributed by atoms with Crippen LogP contribution in [-0.2, 0) is 4.74 Å². The summed E-state index contributed by atoms with van der Waals surface area (Å²) in [7, 11) is 0. The average molecular weight is 223 g/mol. The van der Waals surface area contributed by atoms with Crippen LogP contribution >= 0.6 is 0 Å². The number of ether oxygens (including phenoxy) is 1. The average Bonchev–Trinajstić information content (AvgIpc) is 2.22. The Kier molecular flexibility index (Phi) is 4.41. The summed E-state index contributed by atoms with van der Waals surface area (Å²) < 4.78 is 5.96. The summed E-state index contributed by atoms with van der Waals surface area (Å²) in [6.45, 7) is 7.38. The van der Waals surface area contributed by atoms with E-state index in [1.54, 1.807) is 0 Å². The van der Waals surface area contributed by atoms with Gasteiger partial charge in [0.2, 0.25) is 0 Å². The van der Waals surface area contributed by atoms with Crippen molar-refractivity contribution in [3.05, 3.63) is 0 Å². The highest BCUT2D eigenvalue weighted by Crippen LogP contribution is 2.43. The molecular formula is C14H25NO. The lowest BCUT2D eigenvalue weighted by Crippen LogP contribution is -2.53. The van der Waals surface area contributed by atoms with Crippen LogP contribution in [-0.4, -0.2) is 18.2 Å². The molecular weight excluding hydrogens is 198 g/mol. The quantitative estimate of drug-likeness (QED) is 0.744. The van der Waals surface area contributed by atoms with Gasteiger partial charge in [0.1, 0.15) is 0 Å². The Bertz CT molecular complexity index is 254. The first-order valence-electron chi connectivity index (χ1n) is 6.29. The SMILES string of the molecule is C#CCC(N)C1(OCC)CCC(C)(C)CC1. The molecule has 1 unspecified atom stereocenters. The fraction of sp³-hybridized carbons (Fsp3) is 0.857. The lowest BCUT2D eigenvalue weighted by atomic mass is 9.68. The number of rotatable bonds is 4. The van der Waals surface area contributed by atoms with E-state index in [4.69, 9.17) is 16.9 Å². The van der Waals surface area contributed by atoms with E-state index in [1.807, 2.05) is 6.92 Å². The molecule has 0 spiro atoms. The van der Waals surface area contributed by atoms with E-state index in [9.17, 15) is 0 Å². The zero-order valence-electron chi connectivity index (χ0n) is 10.9. The maximum Gasteiger partial charge on any atom is 0.0842 e. The molecule has 1 aliphatic carbocycles. The molecule has 2 N–H and O–H groups in total. The fourth-order valence-electron chi connectivity index (χ4n) is 2.57. The van der Waals surface area contributed by atoms with Crippen molar-refractivity contribution in [3.63, 3.8) is 0 Å². The maximum absolute atomic E-state index is 6.20. The normalized spacial score (nSPS) is 24.7. The summed E-state index contributed by atoms with van der Waals surface area (Å²) in [5.41, 5.74) is 6.46. The molecule has 92 valence electrons. The number of terminal acetylenes is 1. The van der Waals surface area contributed by atoms with Crippen LogP contribution in [0.15, 0.2) is 0 Å². The van der Waals surface area contributed by atoms with Crippen molar-refractivity contribution in [2.75, 3.05) is 6.61 Å². The minimum atomic E-state index is -0.170. The van der Waals surface area contributed by atoms with Gasteiger partial charge in [0.05, 0.1) is 5.60 Å². The Balaban J connectivity index is 2.72. The Hall–Kier alpha value is -0.520. The topological polar surface area (TPSA) is 35.2 Å². The van der Waals surface area contributed by atoms with Gasteiger partial charge in [-0.25, -0.2) is 0 Å². The molecule has 0 amide bonds. The first-order valence-corrected chi connectivity index (χ1v) is 6.29. The first-order chi connectivity index (χ1) is 7.46. The predicted molar refractivity (Wildman–Crippen MR) is 68.0 cm³/mol. The van der Waals surface area contributed by atoms with Crippen molar-refractivity contribution >= 4 is 0 Å². The van der Waals surface area contributed by atoms with Crippen molar-refractivity contribution in [1.29, 1.82) is 0 Å². The van der Waals surface area contributed by atoms with Gasteiger partial charge in [0.15, 0.2) is 0 Å². The highest BCUT2D eigenvalue weighted by Gasteiger charge is 2.42. The van der Waals surface area contributed by atoms with E-state index in [-0.39, 0.29) is 11.6 Å². The molecule has 0 aromatic rings. The van der Waals surface area contributed by atoms with Crippen LogP contribution in [0.2, 0.25) is 0 Å². The summed E-state index contributed by atoms with van der Waals surface area (Å²) in [4.78, 5) is 0. The molecule has 1 fully saturated rings. The first kappa shape index (κ1) is 13.5. The number of hydrogen-bond acceptors (Lipinski definition) is 2. The molecule has 0 bridgehead atoms. The second-order valence-corrected chi connectivity index (χ2v) is 5.68. The minimum Gasteiger partial charge on any atom is -0.374 e. The van der Waals surface area contributed by atoms with Crippen molar-refractivity contribution in [1.82, 2.24) is 0 Å². The lowest BCUT2D eigenvalue weighted by Gasteiger charge is -2.46. The highest BCUT2D eigenvalue weighted by atomic mass is 16.5. The summed E-state index contributed by atoms with van der Waals surface area (Å²) in [6, 6.07) is -0.0199. The highest BCUT2D eigenvalue weighted by molar-refractivity contribution is 5.02. The molecule has 1 aliphatic rings. The van der Waals surface area contributed by atoms with Gasteiger partial charge in [-0.3, -0.25) is 0 Å². The molecule has 2 nitrogen and oxygen atoms in total. The zero-order valence-corrected chi connectivity index (χ0v) is 10.9. The van der Waals surface area contributed by atoms with Gasteiger partial charge in [-0.1, -0.05) is 13.8 Å². The summed E-state index contributed by atoms with van der Waals surface area (Å²) >= 11 is 0. The van der Waals surface area contributed by atoms with Crippen molar-refractivity contribution in [3.8, 4) is 12.3 Å². The monoisotopic (exact) mass is 223 g/mol. The van der Waals surface area contributed by atoms with Crippen LogP contribution < -0.4 is 5.73 Å². The molecule has 0 aliphatic heterocycles. The third-order valence-electron chi connectivity index (χ3n) is 3.90. The van der Waals surface area contributed by atoms with E-state index in [1.165, 1.54) is 12.8 Å². The molecule has 1 saturated carbocycles. The van der Waals surface area contributed by atoms with Crippen molar-refractivity contribution in [2.24, 2.45) is 11.1 Å². The van der Waals surface area contributed by atoms with Crippen molar-refractivity contribution < 1.29 is 4.74 Å². The molecule has 0 heterocycles. The molecule has 0 radical (unpaired) electrons. The number of hydrogen-bond donors (Lipinski definition) is 1. The van der Waals surface area contributed by atoms with Gasteiger partial charge in [-0.15, -0.1) is 12.3 Å². The van der Waals surface area contributed by atoms with Gasteiger partial charge in [-0.05, 0) is 38.0 Å². The fourth-order valence-corrected chi connectivity index (χ4v) is 2.57. The van der Waals surface area contributed by atoms with Gasteiger partial charge in [0.25, 0.3) is 0 Å². The maximum atomic E-state index is 6.20. The molecule has 0 aromatic carbocycles. The number of nitrogens with two attached hydrogens (primary N) is 1. The molecule has 0 aromatic heterocycles.